The summed E-state index contributed by atoms with van der Waals surface area (Å²) in [7, 11) is 2.71. The molecule has 0 heterocycles. The summed E-state index contributed by atoms with van der Waals surface area (Å²) in [6, 6.07) is 6.60. The van der Waals surface area contributed by atoms with Gasteiger partial charge in [-0.05, 0) is 30.3 Å². The zero-order valence-corrected chi connectivity index (χ0v) is 14.7. The Bertz CT molecular complexity index is 819. The number of benzene rings is 2. The second-order valence-corrected chi connectivity index (χ2v) is 5.48. The predicted molar refractivity (Wildman–Crippen MR) is 93.6 cm³/mol. The second-order valence-electron chi connectivity index (χ2n) is 5.04. The molecule has 0 aliphatic rings. The van der Waals surface area contributed by atoms with Gasteiger partial charge in [-0.2, -0.15) is 0 Å². The van der Waals surface area contributed by atoms with Crippen molar-refractivity contribution in [2.24, 2.45) is 5.73 Å². The Hall–Kier alpha value is -3.00. The van der Waals surface area contributed by atoms with Crippen molar-refractivity contribution in [3.05, 3.63) is 46.7 Å². The van der Waals surface area contributed by atoms with Crippen molar-refractivity contribution < 1.29 is 28.2 Å². The zero-order valence-electron chi connectivity index (χ0n) is 14.0. The second kappa shape index (κ2) is 8.39. The van der Waals surface area contributed by atoms with Gasteiger partial charge in [-0.3, -0.25) is 9.59 Å². The van der Waals surface area contributed by atoms with Gasteiger partial charge in [0.05, 0.1) is 19.9 Å². The zero-order chi connectivity index (χ0) is 19.3. The SMILES string of the molecule is COc1cc(C(=O)Nc2ccc(Cl)cc2F)cc(OC)c1OCC(N)=O. The van der Waals surface area contributed by atoms with E-state index >= 15 is 0 Å². The molecule has 0 spiro atoms. The molecule has 2 aromatic carbocycles. The first-order valence-electron chi connectivity index (χ1n) is 7.29. The summed E-state index contributed by atoms with van der Waals surface area (Å²) in [5.41, 5.74) is 5.15. The highest BCUT2D eigenvalue weighted by Crippen LogP contribution is 2.38. The summed E-state index contributed by atoms with van der Waals surface area (Å²) >= 11 is 5.69. The molecule has 0 unspecified atom stereocenters. The lowest BCUT2D eigenvalue weighted by atomic mass is 10.1. The number of amides is 2. The molecule has 2 rings (SSSR count). The average molecular weight is 383 g/mol. The number of anilines is 1. The van der Waals surface area contributed by atoms with Crippen LogP contribution < -0.4 is 25.3 Å². The van der Waals surface area contributed by atoms with E-state index in [0.29, 0.717) is 0 Å². The molecule has 2 aromatic rings. The number of halogens is 2. The van der Waals surface area contributed by atoms with Gasteiger partial charge in [0.15, 0.2) is 18.1 Å². The minimum absolute atomic E-state index is 0.0358. The Morgan fingerprint density at radius 2 is 1.77 bits per heavy atom. The topological polar surface area (TPSA) is 99.9 Å². The van der Waals surface area contributed by atoms with Gasteiger partial charge in [0.25, 0.3) is 11.8 Å². The molecule has 3 N–H and O–H groups in total. The quantitative estimate of drug-likeness (QED) is 0.766. The number of hydrogen-bond acceptors (Lipinski definition) is 5. The Morgan fingerprint density at radius 3 is 2.27 bits per heavy atom. The van der Waals surface area contributed by atoms with E-state index < -0.39 is 24.2 Å². The smallest absolute Gasteiger partial charge is 0.256 e. The van der Waals surface area contributed by atoms with Crippen molar-refractivity contribution in [3.63, 3.8) is 0 Å². The molecular formula is C17H16ClFN2O5. The van der Waals surface area contributed by atoms with Gasteiger partial charge >= 0.3 is 0 Å². The number of ether oxygens (including phenoxy) is 3. The van der Waals surface area contributed by atoms with Crippen LogP contribution in [0.3, 0.4) is 0 Å². The molecule has 138 valence electrons. The number of hydrogen-bond donors (Lipinski definition) is 2. The third kappa shape index (κ3) is 4.54. The molecule has 9 heteroatoms. The van der Waals surface area contributed by atoms with E-state index in [9.17, 15) is 14.0 Å². The van der Waals surface area contributed by atoms with Gasteiger partial charge in [0.2, 0.25) is 5.75 Å². The van der Waals surface area contributed by atoms with Crippen LogP contribution in [0.1, 0.15) is 10.4 Å². The standard InChI is InChI=1S/C17H16ClFN2O5/c1-24-13-5-9(6-14(25-2)16(13)26-8-15(20)22)17(23)21-12-4-3-10(18)7-11(12)19/h3-7H,8H2,1-2H3,(H2,20,22)(H,21,23). The summed E-state index contributed by atoms with van der Waals surface area (Å²) in [6.45, 7) is -0.395. The van der Waals surface area contributed by atoms with Gasteiger partial charge in [0, 0.05) is 10.6 Å². The van der Waals surface area contributed by atoms with Gasteiger partial charge < -0.3 is 25.3 Å². The number of carbonyl (C=O) groups is 2. The Kier molecular flexibility index (Phi) is 6.24. The van der Waals surface area contributed by atoms with E-state index in [4.69, 9.17) is 31.5 Å². The molecule has 0 aromatic heterocycles. The Balaban J connectivity index is 2.33. The molecule has 0 aliphatic heterocycles. The van der Waals surface area contributed by atoms with Crippen LogP contribution in [-0.4, -0.2) is 32.6 Å². The molecule has 0 radical (unpaired) electrons. The molecule has 2 amide bonds. The fraction of sp³-hybridized carbons (Fsp3) is 0.176. The molecule has 26 heavy (non-hydrogen) atoms. The number of methoxy groups -OCH3 is 2. The van der Waals surface area contributed by atoms with Crippen LogP contribution in [0.2, 0.25) is 5.02 Å². The Labute approximate surface area is 153 Å². The van der Waals surface area contributed by atoms with Crippen LogP contribution in [0.15, 0.2) is 30.3 Å². The molecule has 0 saturated carbocycles. The van der Waals surface area contributed by atoms with E-state index in [2.05, 4.69) is 5.32 Å². The number of carbonyl (C=O) groups excluding carboxylic acids is 2. The lowest BCUT2D eigenvalue weighted by Gasteiger charge is -2.15. The fourth-order valence-corrected chi connectivity index (χ4v) is 2.24. The van der Waals surface area contributed by atoms with Crippen LogP contribution in [0.4, 0.5) is 10.1 Å². The molecule has 0 fully saturated rings. The summed E-state index contributed by atoms with van der Waals surface area (Å²) in [5, 5.41) is 2.64. The highest BCUT2D eigenvalue weighted by atomic mass is 35.5. The molecular weight excluding hydrogens is 367 g/mol. The van der Waals surface area contributed by atoms with Crippen LogP contribution in [0.25, 0.3) is 0 Å². The van der Waals surface area contributed by atoms with E-state index in [0.717, 1.165) is 6.07 Å². The lowest BCUT2D eigenvalue weighted by molar-refractivity contribution is -0.120. The van der Waals surface area contributed by atoms with Crippen molar-refractivity contribution >= 4 is 29.1 Å². The maximum Gasteiger partial charge on any atom is 0.256 e. The monoisotopic (exact) mass is 382 g/mol. The molecule has 0 atom stereocenters. The van der Waals surface area contributed by atoms with Crippen molar-refractivity contribution in [3.8, 4) is 17.2 Å². The number of primary amides is 1. The van der Waals surface area contributed by atoms with Crippen LogP contribution >= 0.6 is 11.6 Å². The minimum Gasteiger partial charge on any atom is -0.493 e. The number of rotatable bonds is 7. The van der Waals surface area contributed by atoms with Gasteiger partial charge in [-0.15, -0.1) is 0 Å². The van der Waals surface area contributed by atoms with E-state index in [1.807, 2.05) is 0 Å². The maximum atomic E-state index is 13.8. The van der Waals surface area contributed by atoms with Crippen LogP contribution in [0, 0.1) is 5.82 Å². The van der Waals surface area contributed by atoms with E-state index in [1.165, 1.54) is 38.5 Å². The van der Waals surface area contributed by atoms with Gasteiger partial charge in [0.1, 0.15) is 5.82 Å². The van der Waals surface area contributed by atoms with Crippen molar-refractivity contribution in [2.45, 2.75) is 0 Å². The first-order valence-corrected chi connectivity index (χ1v) is 7.67. The van der Waals surface area contributed by atoms with Crippen LogP contribution in [0.5, 0.6) is 17.2 Å². The average Bonchev–Trinajstić information content (AvgIpc) is 2.61. The minimum atomic E-state index is -0.686. The van der Waals surface area contributed by atoms with Gasteiger partial charge in [-0.25, -0.2) is 4.39 Å². The normalized spacial score (nSPS) is 10.2. The first kappa shape index (κ1) is 19.3. The van der Waals surface area contributed by atoms with E-state index in [1.54, 1.807) is 0 Å². The lowest BCUT2D eigenvalue weighted by Crippen LogP contribution is -2.20. The van der Waals surface area contributed by atoms with Crippen LogP contribution in [-0.2, 0) is 4.79 Å². The molecule has 0 bridgehead atoms. The third-order valence-electron chi connectivity index (χ3n) is 3.26. The summed E-state index contributed by atoms with van der Waals surface area (Å²) < 4.78 is 29.5. The molecule has 0 saturated heterocycles. The highest BCUT2D eigenvalue weighted by Gasteiger charge is 2.19. The number of nitrogens with two attached hydrogens (primary N) is 1. The summed E-state index contributed by atoms with van der Waals surface area (Å²) in [4.78, 5) is 23.3. The van der Waals surface area contributed by atoms with Crippen molar-refractivity contribution in [1.29, 1.82) is 0 Å². The third-order valence-corrected chi connectivity index (χ3v) is 3.50. The number of nitrogens with one attached hydrogen (secondary N) is 1. The van der Waals surface area contributed by atoms with Crippen molar-refractivity contribution in [1.82, 2.24) is 0 Å². The predicted octanol–water partition coefficient (Wildman–Crippen LogP) is 2.61. The summed E-state index contributed by atoms with van der Waals surface area (Å²) in [5.74, 6) is -1.56. The van der Waals surface area contributed by atoms with Crippen molar-refractivity contribution in [2.75, 3.05) is 26.1 Å². The largest absolute Gasteiger partial charge is 0.493 e. The first-order chi connectivity index (χ1) is 12.3. The Morgan fingerprint density at radius 1 is 1.15 bits per heavy atom. The molecule has 0 aliphatic carbocycles. The summed E-state index contributed by atoms with van der Waals surface area (Å²) in [6.07, 6.45) is 0. The molecule has 7 nitrogen and oxygen atoms in total. The van der Waals surface area contributed by atoms with E-state index in [-0.39, 0.29) is 33.5 Å². The highest BCUT2D eigenvalue weighted by molar-refractivity contribution is 6.30. The fourth-order valence-electron chi connectivity index (χ4n) is 2.08. The van der Waals surface area contributed by atoms with Gasteiger partial charge in [-0.1, -0.05) is 11.6 Å². The maximum absolute atomic E-state index is 13.8.